The summed E-state index contributed by atoms with van der Waals surface area (Å²) in [5.74, 6) is -0.0569. The number of hydrogen-bond acceptors (Lipinski definition) is 7. The van der Waals surface area contributed by atoms with Gasteiger partial charge in [-0.15, -0.1) is 22.7 Å². The van der Waals surface area contributed by atoms with Crippen LogP contribution in [0, 0.1) is 22.0 Å². The summed E-state index contributed by atoms with van der Waals surface area (Å²) in [6, 6.07) is 7.76. The highest BCUT2D eigenvalue weighted by molar-refractivity contribution is 7.11. The van der Waals surface area contributed by atoms with E-state index in [2.05, 4.69) is 24.2 Å². The zero-order valence-corrected chi connectivity index (χ0v) is 19.9. The fourth-order valence-electron chi connectivity index (χ4n) is 4.71. The smallest absolute Gasteiger partial charge is 0.265 e. The van der Waals surface area contributed by atoms with Crippen molar-refractivity contribution in [1.82, 2.24) is 14.8 Å². The van der Waals surface area contributed by atoms with E-state index in [9.17, 15) is 14.9 Å². The Morgan fingerprint density at radius 1 is 1.30 bits per heavy atom. The number of hydrazone groups is 1. The highest BCUT2D eigenvalue weighted by Gasteiger charge is 2.47. The molecule has 3 aromatic heterocycles. The molecule has 3 atom stereocenters. The lowest BCUT2D eigenvalue weighted by molar-refractivity contribution is -0.385. The van der Waals surface area contributed by atoms with Gasteiger partial charge < -0.3 is 0 Å². The molecule has 1 aliphatic heterocycles. The fraction of sp³-hybridized carbons (Fsp3) is 0.348. The number of allylic oxidation sites excluding steroid dienone is 1. The fourth-order valence-corrected chi connectivity index (χ4v) is 6.26. The molecule has 0 aromatic carbocycles. The molecule has 3 unspecified atom stereocenters. The van der Waals surface area contributed by atoms with E-state index in [1.807, 2.05) is 35.9 Å². The van der Waals surface area contributed by atoms with E-state index in [4.69, 9.17) is 5.10 Å². The number of rotatable bonds is 5. The number of amides is 1. The molecule has 1 saturated carbocycles. The van der Waals surface area contributed by atoms with Gasteiger partial charge in [-0.3, -0.25) is 19.6 Å². The number of carbonyl (C=O) groups excluding carboxylic acids is 1. The lowest BCUT2D eigenvalue weighted by Crippen LogP contribution is -2.33. The second-order valence-electron chi connectivity index (χ2n) is 8.41. The topological polar surface area (TPSA) is 93.6 Å². The Hall–Kier alpha value is -3.11. The standard InChI is InChI=1S/C23H23N5O3S2/c1-3-26-13-18(28(30)31)21(24-26)23(29)27-22(19-7-5-9-33-19)17-11-14(2)10-15(20(17)25-27)12-16-6-4-8-32-16/h4-9,12-14,17,22H,3,10-11H2,1-2H3. The SMILES string of the molecule is CCn1cc([N+](=O)[O-])c(C(=O)N2N=C3C(=Cc4cccs4)CC(C)CC3C2c2cccs2)n1. The number of thiophene rings is 2. The van der Waals surface area contributed by atoms with Crippen LogP contribution in [0.4, 0.5) is 5.69 Å². The van der Waals surface area contributed by atoms with Crippen molar-refractivity contribution in [3.8, 4) is 0 Å². The minimum Gasteiger partial charge on any atom is -0.265 e. The van der Waals surface area contributed by atoms with E-state index in [0.29, 0.717) is 12.5 Å². The van der Waals surface area contributed by atoms with E-state index in [1.54, 1.807) is 22.7 Å². The van der Waals surface area contributed by atoms with Crippen LogP contribution in [0.1, 0.15) is 53.0 Å². The van der Waals surface area contributed by atoms with Gasteiger partial charge in [0.15, 0.2) is 0 Å². The highest BCUT2D eigenvalue weighted by atomic mass is 32.1. The highest BCUT2D eigenvalue weighted by Crippen LogP contribution is 2.47. The van der Waals surface area contributed by atoms with Gasteiger partial charge in [-0.05, 0) is 60.2 Å². The monoisotopic (exact) mass is 481 g/mol. The van der Waals surface area contributed by atoms with Crippen molar-refractivity contribution in [2.75, 3.05) is 0 Å². The maximum absolute atomic E-state index is 13.7. The second-order valence-corrected chi connectivity index (χ2v) is 10.4. The minimum absolute atomic E-state index is 0.0369. The molecule has 1 fully saturated rings. The van der Waals surface area contributed by atoms with Crippen molar-refractivity contribution in [2.24, 2.45) is 16.9 Å². The molecule has 33 heavy (non-hydrogen) atoms. The summed E-state index contributed by atoms with van der Waals surface area (Å²) in [6.07, 6.45) is 5.27. The summed E-state index contributed by atoms with van der Waals surface area (Å²) in [6.45, 7) is 4.49. The molecule has 5 rings (SSSR count). The molecule has 10 heteroatoms. The molecule has 1 amide bonds. The van der Waals surface area contributed by atoms with Crippen LogP contribution in [0.5, 0.6) is 0 Å². The van der Waals surface area contributed by atoms with E-state index in [1.165, 1.54) is 15.9 Å². The Labute approximate surface area is 199 Å². The van der Waals surface area contributed by atoms with Crippen LogP contribution in [-0.2, 0) is 6.54 Å². The van der Waals surface area contributed by atoms with Gasteiger partial charge in [0, 0.05) is 22.2 Å². The molecule has 2 aliphatic rings. The molecule has 1 aliphatic carbocycles. The number of nitrogens with zero attached hydrogens (tertiary/aromatic N) is 5. The van der Waals surface area contributed by atoms with Gasteiger partial charge in [0.2, 0.25) is 5.69 Å². The molecule has 170 valence electrons. The summed E-state index contributed by atoms with van der Waals surface area (Å²) in [5, 5.41) is 26.2. The molecule has 8 nitrogen and oxygen atoms in total. The van der Waals surface area contributed by atoms with Crippen LogP contribution in [-0.4, -0.2) is 31.3 Å². The predicted molar refractivity (Wildman–Crippen MR) is 129 cm³/mol. The minimum atomic E-state index is -0.549. The number of carbonyl (C=O) groups is 1. The third-order valence-electron chi connectivity index (χ3n) is 6.13. The summed E-state index contributed by atoms with van der Waals surface area (Å²) in [4.78, 5) is 26.9. The lowest BCUT2D eigenvalue weighted by atomic mass is 9.74. The van der Waals surface area contributed by atoms with E-state index in [-0.39, 0.29) is 23.3 Å². The largest absolute Gasteiger partial charge is 0.320 e. The normalized spacial score (nSPS) is 23.6. The molecule has 3 aromatic rings. The number of hydrogen-bond donors (Lipinski definition) is 0. The Balaban J connectivity index is 1.61. The van der Waals surface area contributed by atoms with Crippen LogP contribution < -0.4 is 0 Å². The van der Waals surface area contributed by atoms with Crippen molar-refractivity contribution >= 4 is 46.1 Å². The van der Waals surface area contributed by atoms with Crippen LogP contribution in [0.2, 0.25) is 0 Å². The first-order chi connectivity index (χ1) is 16.0. The van der Waals surface area contributed by atoms with Gasteiger partial charge in [0.25, 0.3) is 0 Å². The molecular formula is C23H23N5O3S2. The van der Waals surface area contributed by atoms with E-state index < -0.39 is 10.8 Å². The first-order valence-electron chi connectivity index (χ1n) is 10.9. The quantitative estimate of drug-likeness (QED) is 0.349. The van der Waals surface area contributed by atoms with Crippen LogP contribution in [0.15, 0.2) is 51.9 Å². The molecular weight excluding hydrogens is 458 g/mol. The van der Waals surface area contributed by atoms with Crippen LogP contribution in [0.3, 0.4) is 0 Å². The van der Waals surface area contributed by atoms with Crippen molar-refractivity contribution < 1.29 is 9.72 Å². The maximum atomic E-state index is 13.7. The average molecular weight is 482 g/mol. The van der Waals surface area contributed by atoms with E-state index >= 15 is 0 Å². The number of fused-ring (bicyclic) bond motifs is 1. The predicted octanol–water partition coefficient (Wildman–Crippen LogP) is 5.62. The summed E-state index contributed by atoms with van der Waals surface area (Å²) >= 11 is 3.24. The summed E-state index contributed by atoms with van der Waals surface area (Å²) in [5.41, 5.74) is 1.59. The number of aryl methyl sites for hydroxylation is 1. The molecule has 0 N–H and O–H groups in total. The van der Waals surface area contributed by atoms with Crippen molar-refractivity contribution in [3.05, 3.63) is 72.4 Å². The van der Waals surface area contributed by atoms with Crippen LogP contribution >= 0.6 is 22.7 Å². The zero-order chi connectivity index (χ0) is 23.1. The molecule has 0 spiro atoms. The van der Waals surface area contributed by atoms with E-state index in [0.717, 1.165) is 33.9 Å². The Morgan fingerprint density at radius 3 is 2.76 bits per heavy atom. The zero-order valence-electron chi connectivity index (χ0n) is 18.2. The third-order valence-corrected chi connectivity index (χ3v) is 7.90. The molecule has 0 bridgehead atoms. The van der Waals surface area contributed by atoms with Crippen molar-refractivity contribution in [3.63, 3.8) is 0 Å². The number of nitro groups is 1. The summed E-state index contributed by atoms with van der Waals surface area (Å²) in [7, 11) is 0. The first kappa shape index (κ1) is 21.7. The Kier molecular flexibility index (Phi) is 5.71. The first-order valence-corrected chi connectivity index (χ1v) is 12.6. The van der Waals surface area contributed by atoms with Crippen molar-refractivity contribution in [2.45, 2.75) is 39.3 Å². The Bertz CT molecular complexity index is 1240. The van der Waals surface area contributed by atoms with Gasteiger partial charge in [0.1, 0.15) is 6.20 Å². The van der Waals surface area contributed by atoms with Crippen molar-refractivity contribution in [1.29, 1.82) is 0 Å². The maximum Gasteiger partial charge on any atom is 0.320 e. The third kappa shape index (κ3) is 3.93. The van der Waals surface area contributed by atoms with Gasteiger partial charge in [-0.2, -0.15) is 10.2 Å². The molecule has 4 heterocycles. The molecule has 0 saturated heterocycles. The van der Waals surface area contributed by atoms with Gasteiger partial charge in [0.05, 0.1) is 16.7 Å². The Morgan fingerprint density at radius 2 is 2.09 bits per heavy atom. The second kappa shape index (κ2) is 8.68. The van der Waals surface area contributed by atoms with Gasteiger partial charge in [-0.25, -0.2) is 5.01 Å². The lowest BCUT2D eigenvalue weighted by Gasteiger charge is -2.31. The van der Waals surface area contributed by atoms with Gasteiger partial charge in [-0.1, -0.05) is 19.1 Å². The van der Waals surface area contributed by atoms with Gasteiger partial charge >= 0.3 is 11.6 Å². The average Bonchev–Trinajstić information content (AvgIpc) is 3.58. The number of aromatic nitrogens is 2. The van der Waals surface area contributed by atoms with Crippen LogP contribution in [0.25, 0.3) is 6.08 Å². The summed E-state index contributed by atoms with van der Waals surface area (Å²) < 4.78 is 1.42. The molecule has 0 radical (unpaired) electrons.